The molecule has 0 aliphatic heterocycles. The summed E-state index contributed by atoms with van der Waals surface area (Å²) >= 11 is 0. The molecule has 0 radical (unpaired) electrons. The quantitative estimate of drug-likeness (QED) is 0.834. The molecule has 0 amide bonds. The van der Waals surface area contributed by atoms with Gasteiger partial charge in [0.25, 0.3) is 0 Å². The minimum atomic E-state index is -0.631. The average Bonchev–Trinajstić information content (AvgIpc) is 2.01. The molecular formula is C8H12Cl2F2N2. The molecule has 1 atom stereocenters. The molecule has 4 N–H and O–H groups in total. The number of benzene rings is 1. The van der Waals surface area contributed by atoms with Gasteiger partial charge in [0.2, 0.25) is 0 Å². The Hall–Kier alpha value is -0.420. The van der Waals surface area contributed by atoms with Crippen LogP contribution in [0.5, 0.6) is 0 Å². The van der Waals surface area contributed by atoms with Crippen LogP contribution in [0.1, 0.15) is 11.6 Å². The van der Waals surface area contributed by atoms with Crippen LogP contribution >= 0.6 is 24.8 Å². The van der Waals surface area contributed by atoms with Crippen LogP contribution in [0.25, 0.3) is 0 Å². The van der Waals surface area contributed by atoms with Gasteiger partial charge in [-0.05, 0) is 17.7 Å². The summed E-state index contributed by atoms with van der Waals surface area (Å²) in [6.07, 6.45) is 0. The molecule has 1 aromatic carbocycles. The van der Waals surface area contributed by atoms with Crippen molar-refractivity contribution >= 4 is 24.8 Å². The van der Waals surface area contributed by atoms with Crippen LogP contribution in [-0.2, 0) is 0 Å². The highest BCUT2D eigenvalue weighted by atomic mass is 35.5. The van der Waals surface area contributed by atoms with Crippen LogP contribution in [0.2, 0.25) is 0 Å². The minimum Gasteiger partial charge on any atom is -0.329 e. The van der Waals surface area contributed by atoms with Gasteiger partial charge in [-0.2, -0.15) is 0 Å². The maximum Gasteiger partial charge on any atom is 0.126 e. The van der Waals surface area contributed by atoms with Crippen molar-refractivity contribution in [2.24, 2.45) is 11.5 Å². The molecule has 0 fully saturated rings. The Labute approximate surface area is 93.5 Å². The Bertz CT molecular complexity index is 264. The van der Waals surface area contributed by atoms with Gasteiger partial charge in [0.1, 0.15) is 11.6 Å². The van der Waals surface area contributed by atoms with Crippen LogP contribution in [0, 0.1) is 11.6 Å². The van der Waals surface area contributed by atoms with E-state index in [0.29, 0.717) is 5.56 Å². The van der Waals surface area contributed by atoms with E-state index in [-0.39, 0.29) is 31.4 Å². The molecule has 0 saturated carbocycles. The number of rotatable bonds is 2. The standard InChI is InChI=1S/C8H10F2N2.2ClH/c9-6-1-5(8(12)4-11)2-7(10)3-6;;/h1-3,8H,4,11-12H2;2*1H/t8-;;/m0../s1. The van der Waals surface area contributed by atoms with Crippen molar-refractivity contribution in [1.29, 1.82) is 0 Å². The minimum absolute atomic E-state index is 0. The summed E-state index contributed by atoms with van der Waals surface area (Å²) in [5.74, 6) is -1.26. The van der Waals surface area contributed by atoms with Crippen LogP contribution in [0.4, 0.5) is 8.78 Å². The van der Waals surface area contributed by atoms with Gasteiger partial charge in [-0.25, -0.2) is 8.78 Å². The number of nitrogens with two attached hydrogens (primary N) is 2. The second-order valence-electron chi connectivity index (χ2n) is 2.54. The zero-order chi connectivity index (χ0) is 9.14. The second kappa shape index (κ2) is 6.95. The zero-order valence-corrected chi connectivity index (χ0v) is 8.88. The molecule has 14 heavy (non-hydrogen) atoms. The van der Waals surface area contributed by atoms with Gasteiger partial charge in [0.15, 0.2) is 0 Å². The largest absolute Gasteiger partial charge is 0.329 e. The van der Waals surface area contributed by atoms with Crippen LogP contribution < -0.4 is 11.5 Å². The Balaban J connectivity index is 0. The molecule has 0 heterocycles. The Morgan fingerprint density at radius 3 is 1.86 bits per heavy atom. The highest BCUT2D eigenvalue weighted by molar-refractivity contribution is 5.85. The topological polar surface area (TPSA) is 52.0 Å². The summed E-state index contributed by atoms with van der Waals surface area (Å²) in [7, 11) is 0. The van der Waals surface area contributed by atoms with E-state index in [1.54, 1.807) is 0 Å². The molecule has 1 rings (SSSR count). The molecule has 0 spiro atoms. The molecule has 0 bridgehead atoms. The van der Waals surface area contributed by atoms with E-state index in [1.165, 1.54) is 12.1 Å². The summed E-state index contributed by atoms with van der Waals surface area (Å²) in [6.45, 7) is 0.170. The number of halogens is 4. The fraction of sp³-hybridized carbons (Fsp3) is 0.250. The SMILES string of the molecule is Cl.Cl.NC[C@H](N)c1cc(F)cc(F)c1. The Morgan fingerprint density at radius 1 is 1.07 bits per heavy atom. The smallest absolute Gasteiger partial charge is 0.126 e. The fourth-order valence-electron chi connectivity index (χ4n) is 0.925. The van der Waals surface area contributed by atoms with Crippen molar-refractivity contribution in [1.82, 2.24) is 0 Å². The Kier molecular flexibility index (Phi) is 7.96. The number of hydrogen-bond acceptors (Lipinski definition) is 2. The van der Waals surface area contributed by atoms with E-state index < -0.39 is 17.7 Å². The van der Waals surface area contributed by atoms with Crippen molar-refractivity contribution in [3.8, 4) is 0 Å². The zero-order valence-electron chi connectivity index (χ0n) is 7.24. The van der Waals surface area contributed by atoms with Gasteiger partial charge in [0, 0.05) is 18.7 Å². The van der Waals surface area contributed by atoms with Crippen molar-refractivity contribution in [3.63, 3.8) is 0 Å². The first-order valence-corrected chi connectivity index (χ1v) is 3.55. The van der Waals surface area contributed by atoms with Crippen molar-refractivity contribution < 1.29 is 8.78 Å². The first-order valence-electron chi connectivity index (χ1n) is 3.55. The molecule has 0 aromatic heterocycles. The van der Waals surface area contributed by atoms with E-state index in [1.807, 2.05) is 0 Å². The van der Waals surface area contributed by atoms with E-state index in [0.717, 1.165) is 6.07 Å². The van der Waals surface area contributed by atoms with Crippen molar-refractivity contribution in [3.05, 3.63) is 35.4 Å². The van der Waals surface area contributed by atoms with Gasteiger partial charge >= 0.3 is 0 Å². The predicted octanol–water partition coefficient (Wildman–Crippen LogP) is 1.77. The van der Waals surface area contributed by atoms with E-state index in [4.69, 9.17) is 11.5 Å². The van der Waals surface area contributed by atoms with Crippen LogP contribution in [-0.4, -0.2) is 6.54 Å². The van der Waals surface area contributed by atoms with Gasteiger partial charge in [-0.15, -0.1) is 24.8 Å². The second-order valence-corrected chi connectivity index (χ2v) is 2.54. The summed E-state index contributed by atoms with van der Waals surface area (Å²) in [4.78, 5) is 0. The summed E-state index contributed by atoms with van der Waals surface area (Å²) < 4.78 is 25.2. The molecule has 2 nitrogen and oxygen atoms in total. The summed E-state index contributed by atoms with van der Waals surface area (Å²) in [5, 5.41) is 0. The maximum absolute atomic E-state index is 12.6. The van der Waals surface area contributed by atoms with E-state index in [2.05, 4.69) is 0 Å². The van der Waals surface area contributed by atoms with Crippen molar-refractivity contribution in [2.45, 2.75) is 6.04 Å². The van der Waals surface area contributed by atoms with Gasteiger partial charge < -0.3 is 11.5 Å². The average molecular weight is 245 g/mol. The van der Waals surface area contributed by atoms with E-state index in [9.17, 15) is 8.78 Å². The third-order valence-corrected chi connectivity index (χ3v) is 1.57. The number of hydrogen-bond donors (Lipinski definition) is 2. The molecule has 1 aromatic rings. The molecule has 82 valence electrons. The van der Waals surface area contributed by atoms with E-state index >= 15 is 0 Å². The monoisotopic (exact) mass is 244 g/mol. The lowest BCUT2D eigenvalue weighted by Gasteiger charge is -2.08. The molecular weight excluding hydrogens is 233 g/mol. The molecule has 0 saturated heterocycles. The third kappa shape index (κ3) is 4.19. The lowest BCUT2D eigenvalue weighted by atomic mass is 10.1. The maximum atomic E-state index is 12.6. The highest BCUT2D eigenvalue weighted by Gasteiger charge is 2.06. The van der Waals surface area contributed by atoms with Gasteiger partial charge in [0.05, 0.1) is 0 Å². The third-order valence-electron chi connectivity index (χ3n) is 1.57. The molecule has 0 aliphatic rings. The summed E-state index contributed by atoms with van der Waals surface area (Å²) in [6, 6.07) is 2.66. The highest BCUT2D eigenvalue weighted by Crippen LogP contribution is 2.13. The Morgan fingerprint density at radius 2 is 1.50 bits per heavy atom. The first kappa shape index (κ1) is 16.0. The fourth-order valence-corrected chi connectivity index (χ4v) is 0.925. The van der Waals surface area contributed by atoms with Crippen molar-refractivity contribution in [2.75, 3.05) is 6.54 Å². The lowest BCUT2D eigenvalue weighted by Crippen LogP contribution is -2.20. The van der Waals surface area contributed by atoms with Crippen LogP contribution in [0.15, 0.2) is 18.2 Å². The normalized spacial score (nSPS) is 11.1. The van der Waals surface area contributed by atoms with Gasteiger partial charge in [-0.3, -0.25) is 0 Å². The summed E-state index contributed by atoms with van der Waals surface area (Å²) in [5.41, 5.74) is 11.1. The predicted molar refractivity (Wildman–Crippen MR) is 56.8 cm³/mol. The first-order chi connectivity index (χ1) is 5.63. The van der Waals surface area contributed by atoms with Crippen LogP contribution in [0.3, 0.4) is 0 Å². The molecule has 6 heteroatoms. The van der Waals surface area contributed by atoms with Gasteiger partial charge in [-0.1, -0.05) is 0 Å². The molecule has 0 unspecified atom stereocenters. The lowest BCUT2D eigenvalue weighted by molar-refractivity contribution is 0.574. The molecule has 0 aliphatic carbocycles.